The van der Waals surface area contributed by atoms with Crippen molar-refractivity contribution in [2.75, 3.05) is 6.61 Å². The number of aliphatic hydroxyl groups is 2. The van der Waals surface area contributed by atoms with Gasteiger partial charge in [0.1, 0.15) is 11.7 Å². The molecule has 0 fully saturated rings. The molecule has 0 bridgehead atoms. The van der Waals surface area contributed by atoms with Crippen LogP contribution in [-0.2, 0) is 38.1 Å². The van der Waals surface area contributed by atoms with Gasteiger partial charge in [-0.2, -0.15) is 0 Å². The van der Waals surface area contributed by atoms with Crippen molar-refractivity contribution in [3.63, 3.8) is 0 Å². The smallest absolute Gasteiger partial charge is 0.417 e. The van der Waals surface area contributed by atoms with Crippen LogP contribution < -0.4 is 16.0 Å². The van der Waals surface area contributed by atoms with Gasteiger partial charge in [-0.3, -0.25) is 20.2 Å². The van der Waals surface area contributed by atoms with Crippen molar-refractivity contribution in [2.45, 2.75) is 117 Å². The highest BCUT2D eigenvalue weighted by Gasteiger charge is 2.40. The van der Waals surface area contributed by atoms with Crippen LogP contribution in [0.1, 0.15) is 68.7 Å². The van der Waals surface area contributed by atoms with Gasteiger partial charge in [-0.25, -0.2) is 19.4 Å². The molecule has 0 saturated carbocycles. The van der Waals surface area contributed by atoms with Crippen molar-refractivity contribution in [3.8, 4) is 0 Å². The molecule has 0 saturated heterocycles. The van der Waals surface area contributed by atoms with E-state index < -0.39 is 84.4 Å². The van der Waals surface area contributed by atoms with E-state index in [-0.39, 0.29) is 18.6 Å². The van der Waals surface area contributed by atoms with E-state index in [1.165, 1.54) is 33.8 Å². The van der Waals surface area contributed by atoms with Crippen molar-refractivity contribution < 1.29 is 57.9 Å². The fraction of sp³-hybridized carbons (Fsp3) is 0.704. The molecule has 0 radical (unpaired) electrons. The summed E-state index contributed by atoms with van der Waals surface area (Å²) in [4.78, 5) is 65.8. The van der Waals surface area contributed by atoms with E-state index in [2.05, 4.69) is 20.9 Å². The summed E-state index contributed by atoms with van der Waals surface area (Å²) in [6.45, 7) is 12.9. The number of aliphatic imine (C=N–C) groups is 1. The van der Waals surface area contributed by atoms with E-state index in [0.717, 1.165) is 6.92 Å². The summed E-state index contributed by atoms with van der Waals surface area (Å²) in [5.41, 5.74) is -0.849. The molecule has 3 unspecified atom stereocenters. The molecule has 0 aromatic carbocycles. The monoisotopic (exact) mass is 616 g/mol. The lowest BCUT2D eigenvalue weighted by Crippen LogP contribution is -2.56. The molecule has 3 amide bonds. The van der Waals surface area contributed by atoms with Gasteiger partial charge >= 0.3 is 24.1 Å². The molecule has 1 aliphatic carbocycles. The number of amides is 3. The Kier molecular flexibility index (Phi) is 14.5. The molecule has 5 N–H and O–H groups in total. The number of ether oxygens (including phenoxy) is 5. The number of carbonyl (C=O) groups excluding carboxylic acids is 5. The number of esters is 2. The SMILES string of the molecule is CCOC(=O)C1=C[C@@H](OC(C(C)O)C(C)O)[C@H](NC(C)=O)[C@@H](N=C(NC(=O)OC(C)OC(C)=O)NC(=O)OC(C)(C)C)C1. The molecule has 6 atom stereocenters. The summed E-state index contributed by atoms with van der Waals surface area (Å²) < 4.78 is 26.1. The molecular formula is C27H44N4O12. The Labute approximate surface area is 250 Å². The third kappa shape index (κ3) is 13.8. The number of hydrogen-bond donors (Lipinski definition) is 5. The number of aliphatic hydroxyl groups excluding tert-OH is 2. The number of alkyl carbamates (subject to hydrolysis) is 2. The zero-order valence-corrected chi connectivity index (χ0v) is 26.0. The maximum atomic E-state index is 12.8. The van der Waals surface area contributed by atoms with Gasteiger partial charge in [-0.1, -0.05) is 0 Å². The van der Waals surface area contributed by atoms with E-state index in [9.17, 15) is 34.2 Å². The fourth-order valence-corrected chi connectivity index (χ4v) is 3.99. The van der Waals surface area contributed by atoms with E-state index in [4.69, 9.17) is 23.7 Å². The molecule has 0 aromatic rings. The molecule has 43 heavy (non-hydrogen) atoms. The van der Waals surface area contributed by atoms with Crippen molar-refractivity contribution in [2.24, 2.45) is 4.99 Å². The Morgan fingerprint density at radius 1 is 1.00 bits per heavy atom. The molecule has 1 rings (SSSR count). The van der Waals surface area contributed by atoms with E-state index in [1.807, 2.05) is 0 Å². The molecule has 16 heteroatoms. The number of guanidine groups is 1. The van der Waals surface area contributed by atoms with Crippen molar-refractivity contribution in [3.05, 3.63) is 11.6 Å². The Balaban J connectivity index is 3.62. The second-order valence-corrected chi connectivity index (χ2v) is 10.8. The summed E-state index contributed by atoms with van der Waals surface area (Å²) in [6, 6.07) is -2.14. The molecule has 0 aromatic heterocycles. The normalized spacial score (nSPS) is 21.6. The highest BCUT2D eigenvalue weighted by atomic mass is 16.7. The summed E-state index contributed by atoms with van der Waals surface area (Å²) in [6.07, 6.45) is -6.82. The Hall–Kier alpha value is -3.76. The van der Waals surface area contributed by atoms with E-state index in [0.29, 0.717) is 0 Å². The maximum absolute atomic E-state index is 12.8. The second kappa shape index (κ2) is 16.8. The average molecular weight is 617 g/mol. The first-order valence-corrected chi connectivity index (χ1v) is 13.7. The van der Waals surface area contributed by atoms with Crippen LogP contribution in [0.3, 0.4) is 0 Å². The van der Waals surface area contributed by atoms with Crippen LogP contribution in [-0.4, -0.2) is 101 Å². The summed E-state index contributed by atoms with van der Waals surface area (Å²) in [5.74, 6) is -2.44. The molecular weight excluding hydrogens is 572 g/mol. The Morgan fingerprint density at radius 2 is 1.58 bits per heavy atom. The molecule has 244 valence electrons. The lowest BCUT2D eigenvalue weighted by atomic mass is 9.87. The second-order valence-electron chi connectivity index (χ2n) is 10.8. The first kappa shape index (κ1) is 37.3. The zero-order chi connectivity index (χ0) is 33.1. The van der Waals surface area contributed by atoms with Crippen LogP contribution in [0.5, 0.6) is 0 Å². The third-order valence-corrected chi connectivity index (χ3v) is 5.48. The molecule has 0 spiro atoms. The van der Waals surface area contributed by atoms with Gasteiger partial charge in [0.05, 0.1) is 37.0 Å². The first-order valence-electron chi connectivity index (χ1n) is 13.7. The number of nitrogens with zero attached hydrogens (tertiary/aromatic N) is 1. The summed E-state index contributed by atoms with van der Waals surface area (Å²) in [7, 11) is 0. The van der Waals surface area contributed by atoms with Crippen LogP contribution in [0.4, 0.5) is 9.59 Å². The van der Waals surface area contributed by atoms with E-state index >= 15 is 0 Å². The number of carbonyl (C=O) groups is 5. The molecule has 16 nitrogen and oxygen atoms in total. The van der Waals surface area contributed by atoms with Crippen molar-refractivity contribution in [1.82, 2.24) is 16.0 Å². The van der Waals surface area contributed by atoms with Gasteiger partial charge in [-0.15, -0.1) is 0 Å². The highest BCUT2D eigenvalue weighted by Crippen LogP contribution is 2.27. The minimum absolute atomic E-state index is 0.0497. The maximum Gasteiger partial charge on any atom is 0.417 e. The number of rotatable bonds is 10. The predicted octanol–water partition coefficient (Wildman–Crippen LogP) is 0.784. The third-order valence-electron chi connectivity index (χ3n) is 5.48. The zero-order valence-electron chi connectivity index (χ0n) is 26.0. The van der Waals surface area contributed by atoms with Gasteiger partial charge in [0.15, 0.2) is 0 Å². The Morgan fingerprint density at radius 3 is 2.07 bits per heavy atom. The minimum atomic E-state index is -1.30. The molecule has 1 aliphatic rings. The quantitative estimate of drug-likeness (QED) is 0.0756. The van der Waals surface area contributed by atoms with Gasteiger partial charge in [0, 0.05) is 32.8 Å². The van der Waals surface area contributed by atoms with E-state index in [1.54, 1.807) is 27.7 Å². The largest absolute Gasteiger partial charge is 0.463 e. The molecule has 0 heterocycles. The van der Waals surface area contributed by atoms with Crippen molar-refractivity contribution >= 4 is 36.0 Å². The van der Waals surface area contributed by atoms with Crippen LogP contribution in [0.2, 0.25) is 0 Å². The predicted molar refractivity (Wildman–Crippen MR) is 150 cm³/mol. The van der Waals surface area contributed by atoms with Crippen LogP contribution in [0, 0.1) is 0 Å². The summed E-state index contributed by atoms with van der Waals surface area (Å²) >= 11 is 0. The van der Waals surface area contributed by atoms with Gasteiger partial charge < -0.3 is 39.2 Å². The minimum Gasteiger partial charge on any atom is -0.463 e. The summed E-state index contributed by atoms with van der Waals surface area (Å²) in [5, 5.41) is 27.6. The Bertz CT molecular complexity index is 1060. The van der Waals surface area contributed by atoms with Gasteiger partial charge in [0.25, 0.3) is 0 Å². The lowest BCUT2D eigenvalue weighted by molar-refractivity contribution is -0.161. The molecule has 0 aliphatic heterocycles. The average Bonchev–Trinajstić information content (AvgIpc) is 2.81. The lowest BCUT2D eigenvalue weighted by Gasteiger charge is -2.38. The fourth-order valence-electron chi connectivity index (χ4n) is 3.99. The number of hydrogen-bond acceptors (Lipinski definition) is 13. The van der Waals surface area contributed by atoms with Crippen molar-refractivity contribution in [1.29, 1.82) is 0 Å². The highest BCUT2D eigenvalue weighted by molar-refractivity contribution is 6.01. The van der Waals surface area contributed by atoms with Gasteiger partial charge in [-0.05, 0) is 47.6 Å². The van der Waals surface area contributed by atoms with Gasteiger partial charge in [0.2, 0.25) is 18.2 Å². The van der Waals surface area contributed by atoms with Crippen LogP contribution in [0.25, 0.3) is 0 Å². The first-order chi connectivity index (χ1) is 19.8. The van der Waals surface area contributed by atoms with Crippen LogP contribution >= 0.6 is 0 Å². The topological polar surface area (TPSA) is 220 Å². The standard InChI is InChI=1S/C27H44N4O12/c1-10-39-23(36)18-11-19(21(28-15(4)34)20(12-18)42-22(13(2)32)14(3)33)29-24(31-26(38)43-27(7,8)9)30-25(37)41-17(6)40-16(5)35/h12-14,17,19-22,32-33H,10-11H2,1-9H3,(H,28,34)(H2,29,30,31,37,38)/t13?,14?,17?,19-,20+,21+,22?/m0/s1. The van der Waals surface area contributed by atoms with Crippen LogP contribution in [0.15, 0.2) is 16.6 Å². The number of nitrogens with one attached hydrogen (secondary N) is 3.